The van der Waals surface area contributed by atoms with E-state index in [1.54, 1.807) is 13.8 Å². The number of halogens is 3. The molecule has 0 radical (unpaired) electrons. The minimum atomic E-state index is -4.58. The standard InChI is InChI=1S/C16H20F3N3O2/c1-15(2,22-14(23)12-9-6-20-7-10(9)12)8-24-11-4-3-5-21-13(11)16(17,18)19/h3-5,9-10,12,20H,6-8H2,1-2H3,(H,22,23)/t9-,10+,12?. The van der Waals surface area contributed by atoms with Gasteiger partial charge in [0.1, 0.15) is 12.4 Å². The van der Waals surface area contributed by atoms with Crippen LogP contribution in [0.2, 0.25) is 0 Å². The van der Waals surface area contributed by atoms with Crippen LogP contribution < -0.4 is 15.4 Å². The van der Waals surface area contributed by atoms with Gasteiger partial charge in [0.25, 0.3) is 0 Å². The van der Waals surface area contributed by atoms with Crippen LogP contribution >= 0.6 is 0 Å². The highest BCUT2D eigenvalue weighted by molar-refractivity contribution is 5.83. The van der Waals surface area contributed by atoms with Gasteiger partial charge < -0.3 is 15.4 Å². The highest BCUT2D eigenvalue weighted by atomic mass is 19.4. The van der Waals surface area contributed by atoms with Gasteiger partial charge in [0.2, 0.25) is 5.91 Å². The Kier molecular flexibility index (Phi) is 4.19. The van der Waals surface area contributed by atoms with E-state index in [0.29, 0.717) is 11.8 Å². The molecule has 132 valence electrons. The molecule has 1 aromatic heterocycles. The number of fused-ring (bicyclic) bond motifs is 1. The summed E-state index contributed by atoms with van der Waals surface area (Å²) < 4.78 is 44.0. The van der Waals surface area contributed by atoms with Crippen LogP contribution in [0.15, 0.2) is 18.3 Å². The topological polar surface area (TPSA) is 63.2 Å². The summed E-state index contributed by atoms with van der Waals surface area (Å²) in [6, 6.07) is 2.61. The number of aromatic nitrogens is 1. The van der Waals surface area contributed by atoms with E-state index in [2.05, 4.69) is 15.6 Å². The summed E-state index contributed by atoms with van der Waals surface area (Å²) in [5, 5.41) is 6.10. The number of piperidine rings is 1. The first-order chi connectivity index (χ1) is 11.2. The zero-order chi connectivity index (χ0) is 17.5. The minimum Gasteiger partial charge on any atom is -0.489 e. The van der Waals surface area contributed by atoms with Crippen molar-refractivity contribution < 1.29 is 22.7 Å². The molecule has 0 bridgehead atoms. The molecule has 24 heavy (non-hydrogen) atoms. The summed E-state index contributed by atoms with van der Waals surface area (Å²) >= 11 is 0. The van der Waals surface area contributed by atoms with Gasteiger partial charge in [0.15, 0.2) is 5.69 Å². The number of nitrogens with one attached hydrogen (secondary N) is 2. The summed E-state index contributed by atoms with van der Waals surface area (Å²) in [6.45, 7) is 5.08. The Bertz CT molecular complexity index is 623. The molecule has 8 heteroatoms. The molecule has 5 nitrogen and oxygen atoms in total. The second kappa shape index (κ2) is 5.91. The van der Waals surface area contributed by atoms with Crippen LogP contribution in [0.25, 0.3) is 0 Å². The van der Waals surface area contributed by atoms with Gasteiger partial charge in [-0.3, -0.25) is 4.79 Å². The maximum absolute atomic E-state index is 12.9. The van der Waals surface area contributed by atoms with Gasteiger partial charge in [-0.2, -0.15) is 13.2 Å². The zero-order valence-corrected chi connectivity index (χ0v) is 13.5. The molecule has 1 aliphatic carbocycles. The number of ether oxygens (including phenoxy) is 1. The molecule has 1 amide bonds. The normalized spacial score (nSPS) is 26.0. The zero-order valence-electron chi connectivity index (χ0n) is 13.5. The molecule has 0 aromatic carbocycles. The molecular formula is C16H20F3N3O2. The molecule has 1 saturated carbocycles. The van der Waals surface area contributed by atoms with Crippen molar-refractivity contribution in [3.05, 3.63) is 24.0 Å². The van der Waals surface area contributed by atoms with Gasteiger partial charge in [-0.05, 0) is 50.9 Å². The maximum atomic E-state index is 12.9. The van der Waals surface area contributed by atoms with E-state index in [4.69, 9.17) is 4.74 Å². The first-order valence-electron chi connectivity index (χ1n) is 7.87. The largest absolute Gasteiger partial charge is 0.489 e. The van der Waals surface area contributed by atoms with E-state index >= 15 is 0 Å². The molecule has 1 unspecified atom stereocenters. The summed E-state index contributed by atoms with van der Waals surface area (Å²) in [5.41, 5.74) is -1.84. The fraction of sp³-hybridized carbons (Fsp3) is 0.625. The summed E-state index contributed by atoms with van der Waals surface area (Å²) in [5.74, 6) is 0.394. The predicted molar refractivity (Wildman–Crippen MR) is 80.3 cm³/mol. The highest BCUT2D eigenvalue weighted by Crippen LogP contribution is 2.48. The summed E-state index contributed by atoms with van der Waals surface area (Å²) in [6.07, 6.45) is -3.51. The van der Waals surface area contributed by atoms with Crippen molar-refractivity contribution in [3.8, 4) is 5.75 Å². The van der Waals surface area contributed by atoms with Crippen molar-refractivity contribution in [2.75, 3.05) is 19.7 Å². The number of hydrogen-bond acceptors (Lipinski definition) is 4. The molecule has 2 N–H and O–H groups in total. The fourth-order valence-corrected chi connectivity index (χ4v) is 3.24. The number of hydrogen-bond donors (Lipinski definition) is 2. The maximum Gasteiger partial charge on any atom is 0.437 e. The van der Waals surface area contributed by atoms with E-state index in [0.717, 1.165) is 19.3 Å². The van der Waals surface area contributed by atoms with Crippen LogP contribution in [-0.4, -0.2) is 36.1 Å². The third-order valence-electron chi connectivity index (χ3n) is 4.48. The van der Waals surface area contributed by atoms with E-state index < -0.39 is 17.4 Å². The van der Waals surface area contributed by atoms with Gasteiger partial charge in [0.05, 0.1) is 5.54 Å². The predicted octanol–water partition coefficient (Wildman–Crippen LogP) is 1.84. The lowest BCUT2D eigenvalue weighted by atomic mass is 10.1. The van der Waals surface area contributed by atoms with E-state index in [1.165, 1.54) is 12.1 Å². The molecule has 1 saturated heterocycles. The summed E-state index contributed by atoms with van der Waals surface area (Å²) in [7, 11) is 0. The van der Waals surface area contributed by atoms with E-state index in [1.807, 2.05) is 0 Å². The van der Waals surface area contributed by atoms with Crippen LogP contribution in [0, 0.1) is 17.8 Å². The Hall–Kier alpha value is -1.83. The van der Waals surface area contributed by atoms with Crippen LogP contribution in [-0.2, 0) is 11.0 Å². The Morgan fingerprint density at radius 2 is 2.04 bits per heavy atom. The molecule has 2 aliphatic rings. The van der Waals surface area contributed by atoms with Crippen LogP contribution in [0.1, 0.15) is 19.5 Å². The van der Waals surface area contributed by atoms with Gasteiger partial charge in [-0.1, -0.05) is 0 Å². The lowest BCUT2D eigenvalue weighted by molar-refractivity contribution is -0.143. The first-order valence-corrected chi connectivity index (χ1v) is 7.87. The monoisotopic (exact) mass is 343 g/mol. The van der Waals surface area contributed by atoms with Gasteiger partial charge in [-0.25, -0.2) is 4.98 Å². The Morgan fingerprint density at radius 3 is 2.67 bits per heavy atom. The molecule has 0 spiro atoms. The SMILES string of the molecule is CC(C)(COc1cccnc1C(F)(F)F)NC(=O)C1[C@H]2CNC[C@@H]12. The third-order valence-corrected chi connectivity index (χ3v) is 4.48. The van der Waals surface area contributed by atoms with Crippen molar-refractivity contribution >= 4 is 5.91 Å². The number of alkyl halides is 3. The first kappa shape index (κ1) is 17.0. The quantitative estimate of drug-likeness (QED) is 0.856. The minimum absolute atomic E-state index is 0.00894. The number of amides is 1. The van der Waals surface area contributed by atoms with Crippen molar-refractivity contribution in [1.29, 1.82) is 0 Å². The van der Waals surface area contributed by atoms with Gasteiger partial charge >= 0.3 is 6.18 Å². The highest BCUT2D eigenvalue weighted by Gasteiger charge is 2.57. The Morgan fingerprint density at radius 1 is 1.38 bits per heavy atom. The molecule has 1 aliphatic heterocycles. The molecule has 1 aromatic rings. The Balaban J connectivity index is 1.58. The lowest BCUT2D eigenvalue weighted by Gasteiger charge is -2.27. The number of carbonyl (C=O) groups excluding carboxylic acids is 1. The molecular weight excluding hydrogens is 323 g/mol. The average molecular weight is 343 g/mol. The smallest absolute Gasteiger partial charge is 0.437 e. The van der Waals surface area contributed by atoms with Crippen molar-refractivity contribution in [2.24, 2.45) is 17.8 Å². The summed E-state index contributed by atoms with van der Waals surface area (Å²) in [4.78, 5) is 15.6. The molecule has 2 fully saturated rings. The van der Waals surface area contributed by atoms with Gasteiger partial charge in [-0.15, -0.1) is 0 Å². The third kappa shape index (κ3) is 3.48. The second-order valence-electron chi connectivity index (χ2n) is 7.02. The average Bonchev–Trinajstić information content (AvgIpc) is 2.98. The van der Waals surface area contributed by atoms with Crippen molar-refractivity contribution in [1.82, 2.24) is 15.6 Å². The van der Waals surface area contributed by atoms with Crippen LogP contribution in [0.5, 0.6) is 5.75 Å². The molecule has 2 heterocycles. The molecule has 3 atom stereocenters. The lowest BCUT2D eigenvalue weighted by Crippen LogP contribution is -2.49. The van der Waals surface area contributed by atoms with Gasteiger partial charge in [0, 0.05) is 12.1 Å². The number of rotatable bonds is 5. The van der Waals surface area contributed by atoms with Crippen molar-refractivity contribution in [2.45, 2.75) is 25.6 Å². The second-order valence-corrected chi connectivity index (χ2v) is 7.02. The van der Waals surface area contributed by atoms with E-state index in [9.17, 15) is 18.0 Å². The van der Waals surface area contributed by atoms with Crippen molar-refractivity contribution in [3.63, 3.8) is 0 Å². The van der Waals surface area contributed by atoms with Crippen LogP contribution in [0.4, 0.5) is 13.2 Å². The number of nitrogens with zero attached hydrogens (tertiary/aromatic N) is 1. The number of pyridine rings is 1. The van der Waals surface area contributed by atoms with Crippen LogP contribution in [0.3, 0.4) is 0 Å². The Labute approximate surface area is 138 Å². The molecule has 3 rings (SSSR count). The number of carbonyl (C=O) groups is 1. The fourth-order valence-electron chi connectivity index (χ4n) is 3.24. The van der Waals surface area contributed by atoms with E-state index in [-0.39, 0.29) is 24.2 Å².